The van der Waals surface area contributed by atoms with Gasteiger partial charge in [0.05, 0.1) is 11.2 Å². The van der Waals surface area contributed by atoms with Crippen LogP contribution in [0.25, 0.3) is 0 Å². The molecule has 1 N–H and O–H groups in total. The van der Waals surface area contributed by atoms with Gasteiger partial charge in [-0.05, 0) is 44.7 Å². The Balaban J connectivity index is 1.83. The molecule has 1 saturated carbocycles. The maximum atomic E-state index is 12.6. The standard InChI is InChI=1S/C14H21ClN4O/c1-16-6-11-4-5-18(8-11)13-12(15)7-17-19(14(13)20)9-10-2-3-10/h7,10-11,16H,2-6,8-9H2,1H3. The van der Waals surface area contributed by atoms with Gasteiger partial charge >= 0.3 is 0 Å². The summed E-state index contributed by atoms with van der Waals surface area (Å²) in [5.41, 5.74) is 0.607. The van der Waals surface area contributed by atoms with Crippen molar-refractivity contribution in [3.8, 4) is 0 Å². The van der Waals surface area contributed by atoms with E-state index in [-0.39, 0.29) is 5.56 Å². The van der Waals surface area contributed by atoms with Crippen molar-refractivity contribution in [2.75, 3.05) is 31.6 Å². The monoisotopic (exact) mass is 296 g/mol. The van der Waals surface area contributed by atoms with E-state index in [9.17, 15) is 4.79 Å². The first-order chi connectivity index (χ1) is 9.69. The van der Waals surface area contributed by atoms with Crippen LogP contribution in [0.1, 0.15) is 19.3 Å². The van der Waals surface area contributed by atoms with Crippen LogP contribution < -0.4 is 15.8 Å². The molecule has 0 spiro atoms. The van der Waals surface area contributed by atoms with Crippen molar-refractivity contribution >= 4 is 17.3 Å². The normalized spacial score (nSPS) is 22.5. The Morgan fingerprint density at radius 3 is 2.90 bits per heavy atom. The van der Waals surface area contributed by atoms with Crippen LogP contribution in [0.4, 0.5) is 5.69 Å². The molecule has 1 aromatic heterocycles. The number of nitrogens with one attached hydrogen (secondary N) is 1. The van der Waals surface area contributed by atoms with Crippen LogP contribution in [0.3, 0.4) is 0 Å². The van der Waals surface area contributed by atoms with Gasteiger partial charge in [0.25, 0.3) is 5.56 Å². The van der Waals surface area contributed by atoms with Gasteiger partial charge in [0.15, 0.2) is 0 Å². The van der Waals surface area contributed by atoms with Gasteiger partial charge < -0.3 is 10.2 Å². The van der Waals surface area contributed by atoms with E-state index < -0.39 is 0 Å². The van der Waals surface area contributed by atoms with E-state index in [1.54, 1.807) is 10.9 Å². The average Bonchev–Trinajstić information content (AvgIpc) is 3.13. The highest BCUT2D eigenvalue weighted by Gasteiger charge is 2.28. The predicted molar refractivity (Wildman–Crippen MR) is 80.5 cm³/mol. The quantitative estimate of drug-likeness (QED) is 0.891. The summed E-state index contributed by atoms with van der Waals surface area (Å²) in [4.78, 5) is 14.7. The third kappa shape index (κ3) is 2.83. The van der Waals surface area contributed by atoms with Gasteiger partial charge in [-0.2, -0.15) is 5.10 Å². The highest BCUT2D eigenvalue weighted by atomic mass is 35.5. The van der Waals surface area contributed by atoms with E-state index in [4.69, 9.17) is 11.6 Å². The van der Waals surface area contributed by atoms with Crippen LogP contribution in [0.15, 0.2) is 11.0 Å². The molecule has 0 bridgehead atoms. The topological polar surface area (TPSA) is 50.2 Å². The SMILES string of the molecule is CNCC1CCN(c2c(Cl)cnn(CC3CC3)c2=O)C1. The van der Waals surface area contributed by atoms with Crippen LogP contribution in [0.2, 0.25) is 5.02 Å². The van der Waals surface area contributed by atoms with Crippen molar-refractivity contribution < 1.29 is 0 Å². The predicted octanol–water partition coefficient (Wildman–Crippen LogP) is 1.35. The largest absolute Gasteiger partial charge is 0.365 e. The maximum Gasteiger partial charge on any atom is 0.291 e. The van der Waals surface area contributed by atoms with Crippen molar-refractivity contribution in [2.45, 2.75) is 25.8 Å². The molecule has 2 aliphatic rings. The molecule has 1 aliphatic carbocycles. The molecule has 20 heavy (non-hydrogen) atoms. The van der Waals surface area contributed by atoms with Crippen LogP contribution in [-0.2, 0) is 6.54 Å². The van der Waals surface area contributed by atoms with Gasteiger partial charge in [-0.3, -0.25) is 4.79 Å². The fraction of sp³-hybridized carbons (Fsp3) is 0.714. The fourth-order valence-electron chi connectivity index (χ4n) is 2.91. The average molecular weight is 297 g/mol. The number of hydrogen-bond donors (Lipinski definition) is 1. The third-order valence-electron chi connectivity index (χ3n) is 4.20. The molecule has 0 aromatic carbocycles. The lowest BCUT2D eigenvalue weighted by Crippen LogP contribution is -2.33. The number of anilines is 1. The second-order valence-corrected chi connectivity index (χ2v) is 6.34. The minimum atomic E-state index is -0.0329. The molecule has 3 rings (SSSR count). The van der Waals surface area contributed by atoms with Crippen molar-refractivity contribution in [1.82, 2.24) is 15.1 Å². The summed E-state index contributed by atoms with van der Waals surface area (Å²) in [7, 11) is 1.96. The fourth-order valence-corrected chi connectivity index (χ4v) is 3.15. The molecular formula is C14H21ClN4O. The summed E-state index contributed by atoms with van der Waals surface area (Å²) < 4.78 is 1.59. The molecule has 1 atom stereocenters. The molecule has 1 unspecified atom stereocenters. The second kappa shape index (κ2) is 5.74. The summed E-state index contributed by atoms with van der Waals surface area (Å²) in [6.07, 6.45) is 5.13. The number of nitrogens with zero attached hydrogens (tertiary/aromatic N) is 3. The Kier molecular flexibility index (Phi) is 3.98. The third-order valence-corrected chi connectivity index (χ3v) is 4.47. The van der Waals surface area contributed by atoms with Gasteiger partial charge in [0.2, 0.25) is 0 Å². The van der Waals surface area contributed by atoms with Crippen molar-refractivity contribution in [3.05, 3.63) is 21.6 Å². The lowest BCUT2D eigenvalue weighted by molar-refractivity contribution is 0.531. The maximum absolute atomic E-state index is 12.6. The Morgan fingerprint density at radius 1 is 1.40 bits per heavy atom. The number of hydrogen-bond acceptors (Lipinski definition) is 4. The molecule has 2 heterocycles. The molecular weight excluding hydrogens is 276 g/mol. The van der Waals surface area contributed by atoms with Gasteiger partial charge in [-0.25, -0.2) is 4.68 Å². The first kappa shape index (κ1) is 13.9. The van der Waals surface area contributed by atoms with Crippen LogP contribution in [0, 0.1) is 11.8 Å². The van der Waals surface area contributed by atoms with E-state index >= 15 is 0 Å². The van der Waals surface area contributed by atoms with E-state index in [0.717, 1.165) is 32.6 Å². The first-order valence-electron chi connectivity index (χ1n) is 7.34. The van der Waals surface area contributed by atoms with E-state index in [0.29, 0.717) is 22.5 Å². The van der Waals surface area contributed by atoms with Gasteiger partial charge in [0.1, 0.15) is 5.69 Å². The molecule has 1 saturated heterocycles. The zero-order chi connectivity index (χ0) is 14.1. The molecule has 0 amide bonds. The van der Waals surface area contributed by atoms with Crippen LogP contribution in [-0.4, -0.2) is 36.5 Å². The van der Waals surface area contributed by atoms with E-state index in [1.165, 1.54) is 12.8 Å². The second-order valence-electron chi connectivity index (χ2n) is 5.93. The molecule has 0 radical (unpaired) electrons. The van der Waals surface area contributed by atoms with Crippen LogP contribution in [0.5, 0.6) is 0 Å². The van der Waals surface area contributed by atoms with Crippen molar-refractivity contribution in [3.63, 3.8) is 0 Å². The number of rotatable bonds is 5. The summed E-state index contributed by atoms with van der Waals surface area (Å²) in [6.45, 7) is 3.50. The molecule has 2 fully saturated rings. The van der Waals surface area contributed by atoms with Crippen LogP contribution >= 0.6 is 11.6 Å². The molecule has 5 nitrogen and oxygen atoms in total. The molecule has 6 heteroatoms. The summed E-state index contributed by atoms with van der Waals surface area (Å²) in [6, 6.07) is 0. The Morgan fingerprint density at radius 2 is 2.20 bits per heavy atom. The molecule has 110 valence electrons. The Hall–Kier alpha value is -1.07. The van der Waals surface area contributed by atoms with Gasteiger partial charge in [-0.15, -0.1) is 0 Å². The van der Waals surface area contributed by atoms with Gasteiger partial charge in [0, 0.05) is 19.6 Å². The van der Waals surface area contributed by atoms with Gasteiger partial charge in [-0.1, -0.05) is 11.6 Å². The molecule has 1 aromatic rings. The van der Waals surface area contributed by atoms with E-state index in [2.05, 4.69) is 15.3 Å². The van der Waals surface area contributed by atoms with Crippen molar-refractivity contribution in [1.29, 1.82) is 0 Å². The summed E-state index contributed by atoms with van der Waals surface area (Å²) in [5, 5.41) is 7.86. The lowest BCUT2D eigenvalue weighted by atomic mass is 10.1. The number of aromatic nitrogens is 2. The Labute approximate surface area is 123 Å². The Bertz CT molecular complexity index is 540. The first-order valence-corrected chi connectivity index (χ1v) is 7.72. The summed E-state index contributed by atoms with van der Waals surface area (Å²) >= 11 is 6.23. The zero-order valence-electron chi connectivity index (χ0n) is 11.8. The zero-order valence-corrected chi connectivity index (χ0v) is 12.6. The highest BCUT2D eigenvalue weighted by molar-refractivity contribution is 6.33. The molecule has 1 aliphatic heterocycles. The lowest BCUT2D eigenvalue weighted by Gasteiger charge is -2.20. The summed E-state index contributed by atoms with van der Waals surface area (Å²) in [5.74, 6) is 1.21. The highest BCUT2D eigenvalue weighted by Crippen LogP contribution is 2.31. The minimum Gasteiger partial charge on any atom is -0.365 e. The number of halogens is 1. The van der Waals surface area contributed by atoms with Crippen molar-refractivity contribution in [2.24, 2.45) is 11.8 Å². The minimum absolute atomic E-state index is 0.0329. The smallest absolute Gasteiger partial charge is 0.291 e. The van der Waals surface area contributed by atoms with E-state index in [1.807, 2.05) is 7.05 Å².